The standard InChI is InChI=1S/C28H26BrN3O6S/c1-18-19(2)31-38-28(18)32-39(34,35)23-12-10-22(11-13-23)30-26(33)14-9-21-15-24(29)27(25(16-21)36-3)37-17-20-7-5-4-6-8-20/h4-16,32H,17H2,1-3H3,(H,30,33)/b14-9+. The molecule has 0 fully saturated rings. The van der Waals surface area contributed by atoms with E-state index in [-0.39, 0.29) is 10.8 Å². The molecule has 1 heterocycles. The van der Waals surface area contributed by atoms with Crippen molar-refractivity contribution in [1.29, 1.82) is 0 Å². The normalized spacial score (nSPS) is 11.4. The molecule has 0 aliphatic heterocycles. The molecule has 4 aromatic rings. The Balaban J connectivity index is 1.39. The number of rotatable bonds is 10. The minimum Gasteiger partial charge on any atom is -0.493 e. The fourth-order valence-corrected chi connectivity index (χ4v) is 5.09. The second kappa shape index (κ2) is 12.2. The van der Waals surface area contributed by atoms with Crippen LogP contribution in [0, 0.1) is 13.8 Å². The van der Waals surface area contributed by atoms with Crippen LogP contribution in [0.1, 0.15) is 22.4 Å². The molecule has 9 nitrogen and oxygen atoms in total. The van der Waals surface area contributed by atoms with E-state index in [1.54, 1.807) is 33.1 Å². The number of sulfonamides is 1. The van der Waals surface area contributed by atoms with E-state index in [1.165, 1.54) is 30.3 Å². The van der Waals surface area contributed by atoms with E-state index in [0.29, 0.717) is 45.1 Å². The Kier molecular flexibility index (Phi) is 8.72. The summed E-state index contributed by atoms with van der Waals surface area (Å²) in [4.78, 5) is 12.5. The van der Waals surface area contributed by atoms with Gasteiger partial charge in [-0.05, 0) is 83.4 Å². The molecule has 39 heavy (non-hydrogen) atoms. The van der Waals surface area contributed by atoms with Crippen LogP contribution < -0.4 is 19.5 Å². The molecular weight excluding hydrogens is 586 g/mol. The van der Waals surface area contributed by atoms with Gasteiger partial charge in [-0.1, -0.05) is 35.5 Å². The molecule has 0 saturated carbocycles. The van der Waals surface area contributed by atoms with Crippen molar-refractivity contribution in [1.82, 2.24) is 5.16 Å². The van der Waals surface area contributed by atoms with Crippen LogP contribution in [0.3, 0.4) is 0 Å². The van der Waals surface area contributed by atoms with E-state index in [2.05, 4.69) is 31.1 Å². The molecule has 0 radical (unpaired) electrons. The molecule has 202 valence electrons. The van der Waals surface area contributed by atoms with E-state index in [9.17, 15) is 13.2 Å². The summed E-state index contributed by atoms with van der Waals surface area (Å²) in [7, 11) is -2.34. The number of halogens is 1. The fourth-order valence-electron chi connectivity index (χ4n) is 3.47. The maximum Gasteiger partial charge on any atom is 0.264 e. The minimum absolute atomic E-state index is 0.0102. The predicted octanol–water partition coefficient (Wildman–Crippen LogP) is 6.09. The highest BCUT2D eigenvalue weighted by Gasteiger charge is 2.19. The molecule has 4 rings (SSSR count). The average Bonchev–Trinajstić information content (AvgIpc) is 3.23. The third-order valence-electron chi connectivity index (χ3n) is 5.72. The number of nitrogens with one attached hydrogen (secondary N) is 2. The van der Waals surface area contributed by atoms with Crippen LogP contribution in [-0.4, -0.2) is 26.6 Å². The molecule has 3 aromatic carbocycles. The quantitative estimate of drug-likeness (QED) is 0.208. The number of ether oxygens (including phenoxy) is 2. The molecular formula is C28H26BrN3O6S. The van der Waals surface area contributed by atoms with Gasteiger partial charge in [0.25, 0.3) is 10.0 Å². The van der Waals surface area contributed by atoms with Crippen molar-refractivity contribution in [3.05, 3.63) is 99.7 Å². The van der Waals surface area contributed by atoms with Crippen LogP contribution in [-0.2, 0) is 21.4 Å². The van der Waals surface area contributed by atoms with Gasteiger partial charge in [0, 0.05) is 17.3 Å². The molecule has 1 amide bonds. The monoisotopic (exact) mass is 611 g/mol. The Bertz CT molecular complexity index is 1600. The summed E-state index contributed by atoms with van der Waals surface area (Å²) in [6.07, 6.45) is 3.00. The predicted molar refractivity (Wildman–Crippen MR) is 152 cm³/mol. The summed E-state index contributed by atoms with van der Waals surface area (Å²) in [5, 5.41) is 6.46. The number of aryl methyl sites for hydroxylation is 1. The first kappa shape index (κ1) is 27.9. The zero-order valence-electron chi connectivity index (χ0n) is 21.4. The SMILES string of the molecule is COc1cc(/C=C/C(=O)Nc2ccc(S(=O)(=O)Nc3onc(C)c3C)cc2)cc(Br)c1OCc1ccccc1. The highest BCUT2D eigenvalue weighted by atomic mass is 79.9. The summed E-state index contributed by atoms with van der Waals surface area (Å²) in [6.45, 7) is 3.80. The average molecular weight is 613 g/mol. The van der Waals surface area contributed by atoms with Crippen molar-refractivity contribution in [3.8, 4) is 11.5 Å². The second-order valence-corrected chi connectivity index (χ2v) is 11.0. The molecule has 2 N–H and O–H groups in total. The maximum absolute atomic E-state index is 12.7. The number of hydrogen-bond donors (Lipinski definition) is 2. The van der Waals surface area contributed by atoms with Gasteiger partial charge in [-0.15, -0.1) is 0 Å². The summed E-state index contributed by atoms with van der Waals surface area (Å²) in [5.41, 5.74) is 3.37. The summed E-state index contributed by atoms with van der Waals surface area (Å²) < 4.78 is 44.8. The number of amides is 1. The molecule has 11 heteroatoms. The van der Waals surface area contributed by atoms with Crippen molar-refractivity contribution in [3.63, 3.8) is 0 Å². The zero-order valence-corrected chi connectivity index (χ0v) is 23.8. The minimum atomic E-state index is -3.89. The van der Waals surface area contributed by atoms with Crippen LogP contribution >= 0.6 is 15.9 Å². The third-order valence-corrected chi connectivity index (χ3v) is 7.66. The van der Waals surface area contributed by atoms with E-state index >= 15 is 0 Å². The van der Waals surface area contributed by atoms with Crippen molar-refractivity contribution in [2.24, 2.45) is 0 Å². The Morgan fingerprint density at radius 2 is 1.79 bits per heavy atom. The summed E-state index contributed by atoms with van der Waals surface area (Å²) in [5.74, 6) is 0.743. The van der Waals surface area contributed by atoms with Gasteiger partial charge < -0.3 is 19.3 Å². The molecule has 0 saturated heterocycles. The summed E-state index contributed by atoms with van der Waals surface area (Å²) in [6, 6.07) is 19.1. The highest BCUT2D eigenvalue weighted by Crippen LogP contribution is 2.37. The number of carbonyl (C=O) groups excluding carboxylic acids is 1. The lowest BCUT2D eigenvalue weighted by Gasteiger charge is -2.13. The van der Waals surface area contributed by atoms with Gasteiger partial charge >= 0.3 is 0 Å². The number of nitrogens with zero attached hydrogens (tertiary/aromatic N) is 1. The molecule has 0 spiro atoms. The maximum atomic E-state index is 12.7. The van der Waals surface area contributed by atoms with E-state index in [0.717, 1.165) is 5.56 Å². The number of benzene rings is 3. The first-order valence-electron chi connectivity index (χ1n) is 11.8. The fraction of sp³-hybridized carbons (Fsp3) is 0.143. The smallest absolute Gasteiger partial charge is 0.264 e. The van der Waals surface area contributed by atoms with Gasteiger partial charge in [0.1, 0.15) is 6.61 Å². The Morgan fingerprint density at radius 3 is 2.44 bits per heavy atom. The van der Waals surface area contributed by atoms with Crippen LogP contribution in [0.25, 0.3) is 6.08 Å². The van der Waals surface area contributed by atoms with Crippen molar-refractivity contribution < 1.29 is 27.2 Å². The lowest BCUT2D eigenvalue weighted by molar-refractivity contribution is -0.111. The molecule has 0 atom stereocenters. The van der Waals surface area contributed by atoms with Crippen molar-refractivity contribution in [2.45, 2.75) is 25.3 Å². The van der Waals surface area contributed by atoms with Gasteiger partial charge in [0.05, 0.1) is 22.2 Å². The molecule has 1 aromatic heterocycles. The lowest BCUT2D eigenvalue weighted by Crippen LogP contribution is -2.13. The number of hydrogen-bond acceptors (Lipinski definition) is 7. The van der Waals surface area contributed by atoms with Crippen LogP contribution in [0.4, 0.5) is 11.6 Å². The second-order valence-electron chi connectivity index (χ2n) is 8.48. The Morgan fingerprint density at radius 1 is 1.08 bits per heavy atom. The topological polar surface area (TPSA) is 120 Å². The number of methoxy groups -OCH3 is 1. The van der Waals surface area contributed by atoms with E-state index < -0.39 is 15.9 Å². The number of carbonyl (C=O) groups is 1. The first-order valence-corrected chi connectivity index (χ1v) is 14.0. The van der Waals surface area contributed by atoms with Gasteiger partial charge in [0.15, 0.2) is 11.5 Å². The Labute approximate surface area is 235 Å². The van der Waals surface area contributed by atoms with E-state index in [4.69, 9.17) is 14.0 Å². The van der Waals surface area contributed by atoms with Crippen LogP contribution in [0.15, 0.2) is 86.7 Å². The number of anilines is 2. The number of aromatic nitrogens is 1. The van der Waals surface area contributed by atoms with Crippen molar-refractivity contribution in [2.75, 3.05) is 17.1 Å². The highest BCUT2D eigenvalue weighted by molar-refractivity contribution is 9.10. The van der Waals surface area contributed by atoms with Crippen LogP contribution in [0.5, 0.6) is 11.5 Å². The Hall–Kier alpha value is -4.09. The van der Waals surface area contributed by atoms with Gasteiger partial charge in [-0.25, -0.2) is 13.1 Å². The van der Waals surface area contributed by atoms with Crippen LogP contribution in [0.2, 0.25) is 0 Å². The van der Waals surface area contributed by atoms with E-state index in [1.807, 2.05) is 36.4 Å². The summed E-state index contributed by atoms with van der Waals surface area (Å²) >= 11 is 3.52. The molecule has 0 aliphatic rings. The van der Waals surface area contributed by atoms with Gasteiger partial charge in [-0.2, -0.15) is 0 Å². The third kappa shape index (κ3) is 7.06. The zero-order chi connectivity index (χ0) is 28.0. The molecule has 0 unspecified atom stereocenters. The van der Waals surface area contributed by atoms with Gasteiger partial charge in [-0.3, -0.25) is 4.79 Å². The molecule has 0 bridgehead atoms. The van der Waals surface area contributed by atoms with Crippen molar-refractivity contribution >= 4 is 49.5 Å². The largest absolute Gasteiger partial charge is 0.493 e. The lowest BCUT2D eigenvalue weighted by atomic mass is 10.2. The van der Waals surface area contributed by atoms with Gasteiger partial charge in [0.2, 0.25) is 11.8 Å². The first-order chi connectivity index (χ1) is 18.7. The molecule has 0 aliphatic carbocycles.